The van der Waals surface area contributed by atoms with Crippen molar-refractivity contribution < 1.29 is 4.39 Å². The van der Waals surface area contributed by atoms with E-state index in [0.29, 0.717) is 12.1 Å². The summed E-state index contributed by atoms with van der Waals surface area (Å²) in [5.41, 5.74) is 0.600. The van der Waals surface area contributed by atoms with E-state index >= 15 is 0 Å². The molecule has 0 amide bonds. The maximum Gasteiger partial charge on any atom is 0.128 e. The Hall–Kier alpha value is -0.920. The molecule has 1 aromatic rings. The van der Waals surface area contributed by atoms with Gasteiger partial charge < -0.3 is 0 Å². The van der Waals surface area contributed by atoms with Crippen molar-refractivity contribution >= 4 is 15.9 Å². The van der Waals surface area contributed by atoms with E-state index in [-0.39, 0.29) is 11.9 Å². The maximum atomic E-state index is 13.4. The van der Waals surface area contributed by atoms with Gasteiger partial charge in [-0.25, -0.2) is 4.39 Å². The first-order chi connectivity index (χ1) is 7.04. The van der Waals surface area contributed by atoms with Crippen molar-refractivity contribution in [3.63, 3.8) is 0 Å². The fraction of sp³-hybridized carbons (Fsp3) is 0.364. The first kappa shape index (κ1) is 12.2. The van der Waals surface area contributed by atoms with E-state index in [2.05, 4.69) is 22.0 Å². The number of hydrogen-bond acceptors (Lipinski definition) is 2. The van der Waals surface area contributed by atoms with Crippen LogP contribution in [0.3, 0.4) is 0 Å². The van der Waals surface area contributed by atoms with E-state index in [1.165, 1.54) is 6.07 Å². The molecule has 0 spiro atoms. The SMILES string of the molecule is CC(C#N)N(C)Cc1ccc(Br)cc1F. The number of nitrogens with zero attached hydrogens (tertiary/aromatic N) is 2. The fourth-order valence-electron chi connectivity index (χ4n) is 1.15. The molecule has 1 atom stereocenters. The minimum Gasteiger partial charge on any atom is -0.287 e. The third-order valence-corrected chi connectivity index (χ3v) is 2.78. The molecule has 0 fully saturated rings. The van der Waals surface area contributed by atoms with Crippen LogP contribution in [0, 0.1) is 17.1 Å². The zero-order valence-electron chi connectivity index (χ0n) is 8.67. The van der Waals surface area contributed by atoms with Crippen LogP contribution >= 0.6 is 15.9 Å². The molecule has 0 heterocycles. The standard InChI is InChI=1S/C11H12BrFN2/c1-8(6-14)15(2)7-9-3-4-10(12)5-11(9)13/h3-5,8H,7H2,1-2H3. The van der Waals surface area contributed by atoms with E-state index in [9.17, 15) is 4.39 Å². The first-order valence-corrected chi connectivity index (χ1v) is 5.37. The summed E-state index contributed by atoms with van der Waals surface area (Å²) in [6, 6.07) is 6.84. The number of halogens is 2. The van der Waals surface area contributed by atoms with Gasteiger partial charge in [0.1, 0.15) is 5.82 Å². The largest absolute Gasteiger partial charge is 0.287 e. The van der Waals surface area contributed by atoms with Gasteiger partial charge in [-0.1, -0.05) is 22.0 Å². The van der Waals surface area contributed by atoms with Gasteiger partial charge in [-0.05, 0) is 26.1 Å². The molecule has 15 heavy (non-hydrogen) atoms. The highest BCUT2D eigenvalue weighted by atomic mass is 79.9. The Morgan fingerprint density at radius 2 is 2.27 bits per heavy atom. The van der Waals surface area contributed by atoms with Crippen LogP contribution in [0.15, 0.2) is 22.7 Å². The van der Waals surface area contributed by atoms with Gasteiger partial charge in [0, 0.05) is 16.6 Å². The third-order valence-electron chi connectivity index (χ3n) is 2.28. The topological polar surface area (TPSA) is 27.0 Å². The van der Waals surface area contributed by atoms with Crippen LogP contribution in [0.5, 0.6) is 0 Å². The monoisotopic (exact) mass is 270 g/mol. The van der Waals surface area contributed by atoms with Gasteiger partial charge in [-0.15, -0.1) is 0 Å². The highest BCUT2D eigenvalue weighted by Crippen LogP contribution is 2.16. The number of hydrogen-bond donors (Lipinski definition) is 0. The van der Waals surface area contributed by atoms with E-state index < -0.39 is 0 Å². The molecule has 80 valence electrons. The third kappa shape index (κ3) is 3.29. The van der Waals surface area contributed by atoms with Crippen LogP contribution in [0.2, 0.25) is 0 Å². The molecular weight excluding hydrogens is 259 g/mol. The lowest BCUT2D eigenvalue weighted by Gasteiger charge is -2.19. The molecule has 1 unspecified atom stereocenters. The summed E-state index contributed by atoms with van der Waals surface area (Å²) in [6.45, 7) is 2.23. The summed E-state index contributed by atoms with van der Waals surface area (Å²) in [5.74, 6) is -0.249. The van der Waals surface area contributed by atoms with Crippen molar-refractivity contribution in [1.29, 1.82) is 5.26 Å². The summed E-state index contributed by atoms with van der Waals surface area (Å²) < 4.78 is 14.2. The van der Waals surface area contributed by atoms with Crippen molar-refractivity contribution in [2.45, 2.75) is 19.5 Å². The van der Waals surface area contributed by atoms with Gasteiger partial charge in [-0.3, -0.25) is 4.90 Å². The molecule has 0 saturated carbocycles. The highest BCUT2D eigenvalue weighted by Gasteiger charge is 2.10. The molecule has 0 N–H and O–H groups in total. The molecular formula is C11H12BrFN2. The van der Waals surface area contributed by atoms with E-state index in [1.54, 1.807) is 31.0 Å². The van der Waals surface area contributed by atoms with Gasteiger partial charge in [-0.2, -0.15) is 5.26 Å². The number of benzene rings is 1. The minimum atomic E-state index is -0.249. The average molecular weight is 271 g/mol. The van der Waals surface area contributed by atoms with Gasteiger partial charge >= 0.3 is 0 Å². The lowest BCUT2D eigenvalue weighted by molar-refractivity contribution is 0.290. The van der Waals surface area contributed by atoms with Crippen LogP contribution < -0.4 is 0 Å². The Balaban J connectivity index is 2.78. The molecule has 1 rings (SSSR count). The van der Waals surface area contributed by atoms with E-state index in [4.69, 9.17) is 5.26 Å². The molecule has 0 aliphatic heterocycles. The Bertz CT molecular complexity index is 387. The Morgan fingerprint density at radius 3 is 2.80 bits per heavy atom. The Kier molecular flexibility index (Phi) is 4.25. The zero-order valence-corrected chi connectivity index (χ0v) is 10.3. The predicted molar refractivity (Wildman–Crippen MR) is 60.6 cm³/mol. The second kappa shape index (κ2) is 5.24. The Morgan fingerprint density at radius 1 is 1.60 bits per heavy atom. The smallest absolute Gasteiger partial charge is 0.128 e. The van der Waals surface area contributed by atoms with Crippen LogP contribution in [0.1, 0.15) is 12.5 Å². The maximum absolute atomic E-state index is 13.4. The van der Waals surface area contributed by atoms with Crippen molar-refractivity contribution in [2.75, 3.05) is 7.05 Å². The molecule has 0 aliphatic rings. The van der Waals surface area contributed by atoms with Gasteiger partial charge in [0.05, 0.1) is 12.1 Å². The minimum absolute atomic E-state index is 0.215. The van der Waals surface area contributed by atoms with E-state index in [1.807, 2.05) is 0 Å². The van der Waals surface area contributed by atoms with Gasteiger partial charge in [0.2, 0.25) is 0 Å². The zero-order chi connectivity index (χ0) is 11.4. The quantitative estimate of drug-likeness (QED) is 0.845. The first-order valence-electron chi connectivity index (χ1n) is 4.58. The summed E-state index contributed by atoms with van der Waals surface area (Å²) in [5, 5.41) is 8.70. The van der Waals surface area contributed by atoms with Crippen LogP contribution in [0.4, 0.5) is 4.39 Å². The van der Waals surface area contributed by atoms with Crippen LogP contribution in [-0.2, 0) is 6.54 Å². The molecule has 0 aliphatic carbocycles. The number of rotatable bonds is 3. The van der Waals surface area contributed by atoms with Gasteiger partial charge in [0.15, 0.2) is 0 Å². The van der Waals surface area contributed by atoms with Crippen molar-refractivity contribution in [3.8, 4) is 6.07 Å². The lowest BCUT2D eigenvalue weighted by atomic mass is 10.2. The molecule has 0 saturated heterocycles. The van der Waals surface area contributed by atoms with Crippen LogP contribution in [0.25, 0.3) is 0 Å². The average Bonchev–Trinajstić information content (AvgIpc) is 2.20. The van der Waals surface area contributed by atoms with Crippen molar-refractivity contribution in [3.05, 3.63) is 34.1 Å². The normalized spacial score (nSPS) is 12.5. The van der Waals surface area contributed by atoms with E-state index in [0.717, 1.165) is 4.47 Å². The summed E-state index contributed by atoms with van der Waals surface area (Å²) in [6.07, 6.45) is 0. The highest BCUT2D eigenvalue weighted by molar-refractivity contribution is 9.10. The summed E-state index contributed by atoms with van der Waals surface area (Å²) in [7, 11) is 1.80. The second-order valence-electron chi connectivity index (χ2n) is 3.46. The lowest BCUT2D eigenvalue weighted by Crippen LogP contribution is -2.27. The molecule has 0 radical (unpaired) electrons. The summed E-state index contributed by atoms with van der Waals surface area (Å²) in [4.78, 5) is 1.80. The number of nitriles is 1. The van der Waals surface area contributed by atoms with Crippen molar-refractivity contribution in [1.82, 2.24) is 4.90 Å². The van der Waals surface area contributed by atoms with Crippen molar-refractivity contribution in [2.24, 2.45) is 0 Å². The van der Waals surface area contributed by atoms with Crippen LogP contribution in [-0.4, -0.2) is 18.0 Å². The molecule has 0 aromatic heterocycles. The molecule has 1 aromatic carbocycles. The predicted octanol–water partition coefficient (Wildman–Crippen LogP) is 2.93. The molecule has 2 nitrogen and oxygen atoms in total. The summed E-state index contributed by atoms with van der Waals surface area (Å²) >= 11 is 3.20. The Labute approximate surface area is 97.4 Å². The van der Waals surface area contributed by atoms with Gasteiger partial charge in [0.25, 0.3) is 0 Å². The fourth-order valence-corrected chi connectivity index (χ4v) is 1.49. The second-order valence-corrected chi connectivity index (χ2v) is 4.37. The molecule has 0 bridgehead atoms. The molecule has 4 heteroatoms.